The average molecular weight is 289 g/mol. The van der Waals surface area contributed by atoms with Gasteiger partial charge in [0.2, 0.25) is 5.91 Å². The van der Waals surface area contributed by atoms with Crippen LogP contribution in [-0.4, -0.2) is 40.4 Å². The molecule has 4 rings (SSSR count). The average Bonchev–Trinajstić information content (AvgIpc) is 3.13. The van der Waals surface area contributed by atoms with Crippen LogP contribution in [0.4, 0.5) is 0 Å². The van der Waals surface area contributed by atoms with Crippen LogP contribution in [0.2, 0.25) is 0 Å². The fourth-order valence-electron chi connectivity index (χ4n) is 3.94. The fourth-order valence-corrected chi connectivity index (χ4v) is 5.22. The summed E-state index contributed by atoms with van der Waals surface area (Å²) < 4.78 is 0. The third kappa shape index (κ3) is 1.97. The number of hydrogen-bond acceptors (Lipinski definition) is 3. The van der Waals surface area contributed by atoms with Crippen LogP contribution in [0.5, 0.6) is 0 Å². The van der Waals surface area contributed by atoms with Gasteiger partial charge in [-0.3, -0.25) is 4.79 Å². The second-order valence-electron chi connectivity index (χ2n) is 6.23. The first-order chi connectivity index (χ1) is 9.72. The van der Waals surface area contributed by atoms with Gasteiger partial charge >= 0.3 is 0 Å². The van der Waals surface area contributed by atoms with E-state index in [0.717, 1.165) is 32.4 Å². The van der Waals surface area contributed by atoms with Crippen LogP contribution in [0.3, 0.4) is 0 Å². The third-order valence-corrected chi connectivity index (χ3v) is 6.36. The van der Waals surface area contributed by atoms with Crippen molar-refractivity contribution in [3.8, 4) is 0 Å². The molecule has 3 nitrogen and oxygen atoms in total. The lowest BCUT2D eigenvalue weighted by molar-refractivity contribution is -0.129. The van der Waals surface area contributed by atoms with Crippen LogP contribution in [0, 0.1) is 11.8 Å². The van der Waals surface area contributed by atoms with Crippen molar-refractivity contribution in [1.29, 1.82) is 0 Å². The van der Waals surface area contributed by atoms with Crippen molar-refractivity contribution in [1.82, 2.24) is 4.90 Å². The molecule has 1 saturated carbocycles. The molecule has 2 aliphatic heterocycles. The van der Waals surface area contributed by atoms with E-state index in [1.54, 1.807) is 11.8 Å². The number of thioether (sulfide) groups is 1. The van der Waals surface area contributed by atoms with Crippen LogP contribution < -0.4 is 0 Å². The van der Waals surface area contributed by atoms with Gasteiger partial charge in [-0.05, 0) is 36.8 Å². The van der Waals surface area contributed by atoms with E-state index in [2.05, 4.69) is 12.1 Å². The Hall–Kier alpha value is -1.00. The molecule has 1 amide bonds. The molecule has 0 radical (unpaired) electrons. The number of fused-ring (bicyclic) bond motifs is 2. The Balaban J connectivity index is 1.45. The molecular formula is C16H19NO2S. The summed E-state index contributed by atoms with van der Waals surface area (Å²) in [6, 6.07) is 8.31. The molecule has 1 saturated heterocycles. The highest BCUT2D eigenvalue weighted by molar-refractivity contribution is 8.01. The number of likely N-dealkylation sites (tertiary alicyclic amines) is 1. The van der Waals surface area contributed by atoms with Crippen LogP contribution in [0.1, 0.15) is 18.4 Å². The summed E-state index contributed by atoms with van der Waals surface area (Å²) >= 11 is 1.71. The van der Waals surface area contributed by atoms with Crippen molar-refractivity contribution in [2.75, 3.05) is 13.1 Å². The largest absolute Gasteiger partial charge is 0.393 e. The molecule has 0 bridgehead atoms. The first kappa shape index (κ1) is 12.7. The van der Waals surface area contributed by atoms with Crippen molar-refractivity contribution in [3.63, 3.8) is 0 Å². The summed E-state index contributed by atoms with van der Waals surface area (Å²) in [7, 11) is 0. The summed E-state index contributed by atoms with van der Waals surface area (Å²) in [6.45, 7) is 1.62. The number of rotatable bonds is 1. The number of nitrogens with zero attached hydrogens (tertiary/aromatic N) is 1. The minimum Gasteiger partial charge on any atom is -0.393 e. The van der Waals surface area contributed by atoms with Crippen molar-refractivity contribution >= 4 is 17.7 Å². The van der Waals surface area contributed by atoms with Crippen molar-refractivity contribution in [2.45, 2.75) is 35.5 Å². The Morgan fingerprint density at radius 3 is 2.90 bits per heavy atom. The summed E-state index contributed by atoms with van der Waals surface area (Å²) in [5, 5.41) is 10.0. The van der Waals surface area contributed by atoms with Crippen molar-refractivity contribution < 1.29 is 9.90 Å². The molecule has 1 N–H and O–H groups in total. The van der Waals surface area contributed by atoms with Crippen LogP contribution in [0.25, 0.3) is 0 Å². The number of amides is 1. The molecule has 4 heteroatoms. The predicted molar refractivity (Wildman–Crippen MR) is 78.6 cm³/mol. The maximum atomic E-state index is 12.7. The van der Waals surface area contributed by atoms with E-state index in [4.69, 9.17) is 0 Å². The molecule has 4 atom stereocenters. The smallest absolute Gasteiger partial charge is 0.236 e. The highest BCUT2D eigenvalue weighted by atomic mass is 32.2. The summed E-state index contributed by atoms with van der Waals surface area (Å²) in [6.07, 6.45) is 2.66. The first-order valence-corrected chi connectivity index (χ1v) is 8.32. The second-order valence-corrected chi connectivity index (χ2v) is 7.47. The molecule has 0 aromatic heterocycles. The van der Waals surface area contributed by atoms with Crippen LogP contribution >= 0.6 is 11.8 Å². The minimum atomic E-state index is -0.189. The van der Waals surface area contributed by atoms with E-state index in [1.165, 1.54) is 10.5 Å². The zero-order valence-electron chi connectivity index (χ0n) is 11.4. The molecule has 3 aliphatic rings. The van der Waals surface area contributed by atoms with E-state index in [1.807, 2.05) is 17.0 Å². The lowest BCUT2D eigenvalue weighted by Gasteiger charge is -2.21. The van der Waals surface area contributed by atoms with Gasteiger partial charge in [0.05, 0.1) is 11.4 Å². The number of hydrogen-bond donors (Lipinski definition) is 1. The fraction of sp³-hybridized carbons (Fsp3) is 0.562. The Bertz CT molecular complexity index is 522. The maximum absolute atomic E-state index is 12.7. The van der Waals surface area contributed by atoms with E-state index in [9.17, 15) is 9.90 Å². The van der Waals surface area contributed by atoms with Gasteiger partial charge in [0, 0.05) is 23.9 Å². The zero-order valence-corrected chi connectivity index (χ0v) is 12.2. The van der Waals surface area contributed by atoms with Gasteiger partial charge in [-0.2, -0.15) is 0 Å². The molecule has 106 valence electrons. The number of aliphatic hydroxyl groups is 1. The highest BCUT2D eigenvalue weighted by Gasteiger charge is 2.45. The van der Waals surface area contributed by atoms with E-state index in [-0.39, 0.29) is 17.3 Å². The van der Waals surface area contributed by atoms with Gasteiger partial charge in [-0.25, -0.2) is 0 Å². The Kier molecular flexibility index (Phi) is 3.04. The minimum absolute atomic E-state index is 0.0448. The molecule has 1 aromatic rings. The second kappa shape index (κ2) is 4.78. The summed E-state index contributed by atoms with van der Waals surface area (Å²) in [5.74, 6) is 1.13. The number of carbonyl (C=O) groups is 1. The van der Waals surface area contributed by atoms with E-state index in [0.29, 0.717) is 11.8 Å². The molecular weight excluding hydrogens is 270 g/mol. The molecule has 2 heterocycles. The lowest BCUT2D eigenvalue weighted by atomic mass is 10.00. The molecule has 4 unspecified atom stereocenters. The maximum Gasteiger partial charge on any atom is 0.236 e. The SMILES string of the molecule is O=C(C1Cc2ccccc2S1)N1CC2CCC(O)C2C1. The molecule has 1 aromatic carbocycles. The van der Waals surface area contributed by atoms with Gasteiger partial charge in [-0.1, -0.05) is 18.2 Å². The first-order valence-electron chi connectivity index (χ1n) is 7.44. The number of benzene rings is 1. The number of aliphatic hydroxyl groups excluding tert-OH is 1. The standard InChI is InChI=1S/C16H19NO2S/c18-13-6-5-11-8-17(9-12(11)13)16(19)15-7-10-3-1-2-4-14(10)20-15/h1-4,11-13,15,18H,5-9H2. The van der Waals surface area contributed by atoms with Crippen molar-refractivity contribution in [2.24, 2.45) is 11.8 Å². The molecule has 0 spiro atoms. The highest BCUT2D eigenvalue weighted by Crippen LogP contribution is 2.41. The van der Waals surface area contributed by atoms with Gasteiger partial charge in [-0.15, -0.1) is 11.8 Å². The molecule has 20 heavy (non-hydrogen) atoms. The van der Waals surface area contributed by atoms with Gasteiger partial charge in [0.1, 0.15) is 0 Å². The van der Waals surface area contributed by atoms with Crippen molar-refractivity contribution in [3.05, 3.63) is 29.8 Å². The molecule has 2 fully saturated rings. The topological polar surface area (TPSA) is 40.5 Å². The Labute approximate surface area is 123 Å². The Morgan fingerprint density at radius 1 is 1.25 bits per heavy atom. The summed E-state index contributed by atoms with van der Waals surface area (Å²) in [5.41, 5.74) is 1.30. The number of carbonyl (C=O) groups excluding carboxylic acids is 1. The van der Waals surface area contributed by atoms with E-state index < -0.39 is 0 Å². The van der Waals surface area contributed by atoms with Gasteiger partial charge in [0.15, 0.2) is 0 Å². The molecule has 1 aliphatic carbocycles. The lowest BCUT2D eigenvalue weighted by Crippen LogP contribution is -2.37. The van der Waals surface area contributed by atoms with Gasteiger partial charge < -0.3 is 10.0 Å². The van der Waals surface area contributed by atoms with Gasteiger partial charge in [0.25, 0.3) is 0 Å². The Morgan fingerprint density at radius 2 is 2.10 bits per heavy atom. The van der Waals surface area contributed by atoms with Crippen LogP contribution in [0.15, 0.2) is 29.2 Å². The monoisotopic (exact) mass is 289 g/mol. The normalized spacial score (nSPS) is 35.1. The summed E-state index contributed by atoms with van der Waals surface area (Å²) in [4.78, 5) is 15.9. The van der Waals surface area contributed by atoms with Crippen LogP contribution in [-0.2, 0) is 11.2 Å². The predicted octanol–water partition coefficient (Wildman–Crippen LogP) is 1.93. The van der Waals surface area contributed by atoms with E-state index >= 15 is 0 Å². The third-order valence-electron chi connectivity index (χ3n) is 5.05. The zero-order chi connectivity index (χ0) is 13.7. The quantitative estimate of drug-likeness (QED) is 0.859.